The molecule has 0 heterocycles. The van der Waals surface area contributed by atoms with Crippen molar-refractivity contribution in [3.05, 3.63) is 96.1 Å². The average Bonchev–Trinajstić information content (AvgIpc) is 2.96. The lowest BCUT2D eigenvalue weighted by Crippen LogP contribution is -2.47. The first kappa shape index (κ1) is 26.6. The highest BCUT2D eigenvalue weighted by Crippen LogP contribution is 2.23. The van der Waals surface area contributed by atoms with Crippen molar-refractivity contribution in [3.63, 3.8) is 0 Å². The summed E-state index contributed by atoms with van der Waals surface area (Å²) in [6, 6.07) is 27.6. The first-order chi connectivity index (χ1) is 18.2. The Morgan fingerprint density at radius 1 is 0.784 bits per heavy atom. The summed E-state index contributed by atoms with van der Waals surface area (Å²) >= 11 is 0. The van der Waals surface area contributed by atoms with Gasteiger partial charge in [-0.1, -0.05) is 98.1 Å². The molecule has 0 radical (unpaired) electrons. The predicted octanol–water partition coefficient (Wildman–Crippen LogP) is 5.51. The molecular weight excluding hydrogens is 458 g/mol. The van der Waals surface area contributed by atoms with Crippen molar-refractivity contribution in [3.8, 4) is 11.1 Å². The van der Waals surface area contributed by atoms with Gasteiger partial charge in [-0.15, -0.1) is 0 Å². The van der Waals surface area contributed by atoms with Crippen LogP contribution in [-0.4, -0.2) is 37.0 Å². The molecule has 5 heteroatoms. The van der Waals surface area contributed by atoms with E-state index in [1.54, 1.807) is 0 Å². The number of rotatable bonds is 12. The lowest BCUT2D eigenvalue weighted by Gasteiger charge is -2.24. The average molecular weight is 498 g/mol. The predicted molar refractivity (Wildman–Crippen MR) is 150 cm³/mol. The Hall–Kier alpha value is -3.44. The van der Waals surface area contributed by atoms with Gasteiger partial charge < -0.3 is 16.0 Å². The van der Waals surface area contributed by atoms with Gasteiger partial charge in [0.15, 0.2) is 0 Å². The van der Waals surface area contributed by atoms with Gasteiger partial charge in [-0.3, -0.25) is 9.59 Å². The molecule has 3 N–H and O–H groups in total. The fourth-order valence-electron chi connectivity index (χ4n) is 5.07. The zero-order valence-corrected chi connectivity index (χ0v) is 21.6. The SMILES string of the molecule is O=C(N[C@@H](CCCNC1CCCCC1)C(=O)NCCc1ccccc1)c1ccccc1-c1ccccc1. The minimum absolute atomic E-state index is 0.126. The molecule has 1 atom stereocenters. The summed E-state index contributed by atoms with van der Waals surface area (Å²) in [4.78, 5) is 26.6. The van der Waals surface area contributed by atoms with E-state index in [4.69, 9.17) is 0 Å². The Morgan fingerprint density at radius 2 is 1.46 bits per heavy atom. The van der Waals surface area contributed by atoms with Crippen molar-refractivity contribution in [2.24, 2.45) is 0 Å². The van der Waals surface area contributed by atoms with Crippen LogP contribution in [0.5, 0.6) is 0 Å². The largest absolute Gasteiger partial charge is 0.354 e. The number of amides is 2. The van der Waals surface area contributed by atoms with E-state index in [9.17, 15) is 9.59 Å². The van der Waals surface area contributed by atoms with Gasteiger partial charge in [0, 0.05) is 18.2 Å². The van der Waals surface area contributed by atoms with Crippen LogP contribution in [0.25, 0.3) is 11.1 Å². The molecule has 194 valence electrons. The Bertz CT molecular complexity index is 1110. The van der Waals surface area contributed by atoms with Gasteiger partial charge in [-0.25, -0.2) is 0 Å². The van der Waals surface area contributed by atoms with E-state index >= 15 is 0 Å². The van der Waals surface area contributed by atoms with Crippen molar-refractivity contribution in [1.82, 2.24) is 16.0 Å². The molecule has 1 fully saturated rings. The van der Waals surface area contributed by atoms with Crippen LogP contribution in [0.3, 0.4) is 0 Å². The van der Waals surface area contributed by atoms with Crippen molar-refractivity contribution < 1.29 is 9.59 Å². The van der Waals surface area contributed by atoms with Gasteiger partial charge in [0.1, 0.15) is 6.04 Å². The maximum atomic E-state index is 13.4. The first-order valence-electron chi connectivity index (χ1n) is 13.7. The highest BCUT2D eigenvalue weighted by molar-refractivity contribution is 6.02. The highest BCUT2D eigenvalue weighted by atomic mass is 16.2. The second kappa shape index (κ2) is 14.3. The van der Waals surface area contributed by atoms with E-state index in [1.165, 1.54) is 37.7 Å². The van der Waals surface area contributed by atoms with E-state index in [2.05, 4.69) is 28.1 Å². The zero-order chi connectivity index (χ0) is 25.7. The molecule has 37 heavy (non-hydrogen) atoms. The van der Waals surface area contributed by atoms with Crippen LogP contribution >= 0.6 is 0 Å². The number of benzene rings is 3. The monoisotopic (exact) mass is 497 g/mol. The lowest BCUT2D eigenvalue weighted by molar-refractivity contribution is -0.123. The fraction of sp³-hybridized carbons (Fsp3) is 0.375. The molecule has 3 aromatic carbocycles. The van der Waals surface area contributed by atoms with E-state index in [0.29, 0.717) is 24.6 Å². The third-order valence-electron chi connectivity index (χ3n) is 7.14. The van der Waals surface area contributed by atoms with Crippen LogP contribution in [0, 0.1) is 0 Å². The summed E-state index contributed by atoms with van der Waals surface area (Å²) in [5.74, 6) is -0.345. The molecule has 1 aliphatic carbocycles. The molecule has 0 aliphatic heterocycles. The van der Waals surface area contributed by atoms with Crippen LogP contribution in [0.1, 0.15) is 60.9 Å². The molecule has 2 amide bonds. The molecule has 1 aliphatic rings. The molecule has 0 saturated heterocycles. The Kier molecular flexibility index (Phi) is 10.3. The molecule has 5 nitrogen and oxygen atoms in total. The zero-order valence-electron chi connectivity index (χ0n) is 21.6. The number of nitrogens with one attached hydrogen (secondary N) is 3. The Labute approximate surface area is 221 Å². The van der Waals surface area contributed by atoms with Crippen molar-refractivity contribution >= 4 is 11.8 Å². The van der Waals surface area contributed by atoms with E-state index in [1.807, 2.05) is 72.8 Å². The number of carbonyl (C=O) groups excluding carboxylic acids is 2. The van der Waals surface area contributed by atoms with Crippen LogP contribution in [-0.2, 0) is 11.2 Å². The van der Waals surface area contributed by atoms with Gasteiger partial charge >= 0.3 is 0 Å². The van der Waals surface area contributed by atoms with E-state index in [-0.39, 0.29) is 11.8 Å². The summed E-state index contributed by atoms with van der Waals surface area (Å²) in [6.45, 7) is 1.39. The lowest BCUT2D eigenvalue weighted by atomic mass is 9.95. The van der Waals surface area contributed by atoms with E-state index in [0.717, 1.165) is 30.5 Å². The molecule has 0 spiro atoms. The normalized spacial score (nSPS) is 14.6. The fourth-order valence-corrected chi connectivity index (χ4v) is 5.07. The Morgan fingerprint density at radius 3 is 2.22 bits per heavy atom. The number of hydrogen-bond donors (Lipinski definition) is 3. The maximum Gasteiger partial charge on any atom is 0.252 e. The summed E-state index contributed by atoms with van der Waals surface area (Å²) in [7, 11) is 0. The molecule has 3 aromatic rings. The van der Waals surface area contributed by atoms with Gasteiger partial charge in [-0.2, -0.15) is 0 Å². The summed E-state index contributed by atoms with van der Waals surface area (Å²) in [5.41, 5.74) is 3.60. The van der Waals surface area contributed by atoms with Crippen LogP contribution in [0.4, 0.5) is 0 Å². The third kappa shape index (κ3) is 8.29. The molecule has 0 aromatic heterocycles. The molecule has 1 saturated carbocycles. The smallest absolute Gasteiger partial charge is 0.252 e. The minimum atomic E-state index is -0.583. The van der Waals surface area contributed by atoms with Crippen LogP contribution in [0.2, 0.25) is 0 Å². The second-order valence-corrected chi connectivity index (χ2v) is 9.90. The first-order valence-corrected chi connectivity index (χ1v) is 13.7. The molecule has 4 rings (SSSR count). The topological polar surface area (TPSA) is 70.2 Å². The van der Waals surface area contributed by atoms with Gasteiger partial charge in [-0.05, 0) is 61.4 Å². The highest BCUT2D eigenvalue weighted by Gasteiger charge is 2.23. The summed E-state index contributed by atoms with van der Waals surface area (Å²) in [6.07, 6.45) is 8.56. The van der Waals surface area contributed by atoms with Crippen molar-refractivity contribution in [2.75, 3.05) is 13.1 Å². The second-order valence-electron chi connectivity index (χ2n) is 9.90. The molecular formula is C32H39N3O2. The standard InChI is InChI=1S/C32H39N3O2/c36-31(29-20-11-10-19-28(29)26-15-6-2-7-16-26)35-30(21-12-23-33-27-17-8-3-9-18-27)32(37)34-24-22-25-13-4-1-5-14-25/h1-2,4-7,10-11,13-16,19-20,27,30,33H,3,8-9,12,17-18,21-24H2,(H,34,37)(H,35,36)/t30-/m0/s1. The number of hydrogen-bond acceptors (Lipinski definition) is 3. The van der Waals surface area contributed by atoms with Gasteiger partial charge in [0.25, 0.3) is 5.91 Å². The van der Waals surface area contributed by atoms with Crippen LogP contribution in [0.15, 0.2) is 84.9 Å². The minimum Gasteiger partial charge on any atom is -0.354 e. The molecule has 0 bridgehead atoms. The van der Waals surface area contributed by atoms with E-state index < -0.39 is 6.04 Å². The van der Waals surface area contributed by atoms with Crippen LogP contribution < -0.4 is 16.0 Å². The maximum absolute atomic E-state index is 13.4. The third-order valence-corrected chi connectivity index (χ3v) is 7.14. The summed E-state index contributed by atoms with van der Waals surface area (Å²) < 4.78 is 0. The number of carbonyl (C=O) groups is 2. The summed E-state index contributed by atoms with van der Waals surface area (Å²) in [5, 5.41) is 9.75. The van der Waals surface area contributed by atoms with Gasteiger partial charge in [0.2, 0.25) is 5.91 Å². The Balaban J connectivity index is 1.39. The van der Waals surface area contributed by atoms with Gasteiger partial charge in [0.05, 0.1) is 0 Å². The quantitative estimate of drug-likeness (QED) is 0.289. The van der Waals surface area contributed by atoms with Crippen molar-refractivity contribution in [1.29, 1.82) is 0 Å². The van der Waals surface area contributed by atoms with Crippen molar-refractivity contribution in [2.45, 2.75) is 63.5 Å². The molecule has 0 unspecified atom stereocenters.